The van der Waals surface area contributed by atoms with Gasteiger partial charge in [0.05, 0.1) is 0 Å². The summed E-state index contributed by atoms with van der Waals surface area (Å²) in [7, 11) is 1.63. The van der Waals surface area contributed by atoms with Crippen molar-refractivity contribution in [3.8, 4) is 0 Å². The molecule has 11 heavy (non-hydrogen) atoms. The van der Waals surface area contributed by atoms with Crippen LogP contribution in [0.3, 0.4) is 0 Å². The zero-order valence-corrected chi connectivity index (χ0v) is 6.36. The molecule has 66 valence electrons. The van der Waals surface area contributed by atoms with E-state index in [1.165, 1.54) is 0 Å². The molecule has 0 aromatic rings. The predicted molar refractivity (Wildman–Crippen MR) is 36.8 cm³/mol. The van der Waals surface area contributed by atoms with Crippen molar-refractivity contribution in [3.05, 3.63) is 0 Å². The lowest BCUT2D eigenvalue weighted by atomic mass is 9.91. The second-order valence-corrected chi connectivity index (χ2v) is 2.93. The Morgan fingerprint density at radius 1 is 1.09 bits per heavy atom. The molecule has 1 N–H and O–H groups in total. The summed E-state index contributed by atoms with van der Waals surface area (Å²) in [6.07, 6.45) is -5.04. The summed E-state index contributed by atoms with van der Waals surface area (Å²) in [6.45, 7) is 0. The monoisotopic (exact) mass is 167 g/mol. The molecule has 1 rings (SSSR count). The molecule has 1 saturated carbocycles. The van der Waals surface area contributed by atoms with Crippen molar-refractivity contribution in [3.63, 3.8) is 0 Å². The molecule has 0 saturated heterocycles. The van der Waals surface area contributed by atoms with Gasteiger partial charge in [0.1, 0.15) is 12.3 Å². The molecule has 1 fully saturated rings. The number of hydrogen-bond acceptors (Lipinski definition) is 1. The Kier molecular flexibility index (Phi) is 2.76. The number of alkyl halides is 3. The molecule has 0 spiro atoms. The normalized spacial score (nSPS) is 45.8. The fourth-order valence-corrected chi connectivity index (χ4v) is 1.36. The molecule has 2 atom stereocenters. The van der Waals surface area contributed by atoms with Gasteiger partial charge >= 0.3 is 0 Å². The van der Waals surface area contributed by atoms with Crippen LogP contribution in [0, 0.1) is 0 Å². The van der Waals surface area contributed by atoms with Gasteiger partial charge in [-0.25, -0.2) is 13.2 Å². The minimum Gasteiger partial charge on any atom is -0.317 e. The van der Waals surface area contributed by atoms with Crippen LogP contribution in [0.4, 0.5) is 13.2 Å². The van der Waals surface area contributed by atoms with E-state index in [0.29, 0.717) is 0 Å². The van der Waals surface area contributed by atoms with E-state index >= 15 is 0 Å². The third kappa shape index (κ3) is 1.86. The van der Waals surface area contributed by atoms with Crippen molar-refractivity contribution < 1.29 is 13.2 Å². The molecule has 0 aromatic heterocycles. The van der Waals surface area contributed by atoms with Gasteiger partial charge < -0.3 is 5.32 Å². The van der Waals surface area contributed by atoms with E-state index in [2.05, 4.69) is 5.32 Å². The lowest BCUT2D eigenvalue weighted by Crippen LogP contribution is -2.44. The number of rotatable bonds is 1. The topological polar surface area (TPSA) is 12.0 Å². The molecule has 2 unspecified atom stereocenters. The molecular weight excluding hydrogens is 155 g/mol. The Hall–Kier alpha value is -0.250. The first-order valence-electron chi connectivity index (χ1n) is 3.74. The van der Waals surface area contributed by atoms with Gasteiger partial charge in [0.15, 0.2) is 6.17 Å². The lowest BCUT2D eigenvalue weighted by molar-refractivity contribution is 0.0298. The second kappa shape index (κ2) is 3.43. The van der Waals surface area contributed by atoms with E-state index in [1.807, 2.05) is 0 Å². The van der Waals surface area contributed by atoms with Gasteiger partial charge in [-0.2, -0.15) is 0 Å². The molecule has 1 aliphatic carbocycles. The van der Waals surface area contributed by atoms with Crippen LogP contribution >= 0.6 is 0 Å². The zero-order valence-electron chi connectivity index (χ0n) is 6.36. The van der Waals surface area contributed by atoms with Crippen LogP contribution in [0.5, 0.6) is 0 Å². The summed E-state index contributed by atoms with van der Waals surface area (Å²) in [4.78, 5) is 0. The van der Waals surface area contributed by atoms with Gasteiger partial charge in [0.25, 0.3) is 0 Å². The highest BCUT2D eigenvalue weighted by Crippen LogP contribution is 2.26. The highest BCUT2D eigenvalue weighted by molar-refractivity contribution is 4.89. The van der Waals surface area contributed by atoms with E-state index in [9.17, 15) is 13.2 Å². The molecule has 0 amide bonds. The van der Waals surface area contributed by atoms with Crippen molar-refractivity contribution in [2.45, 2.75) is 37.4 Å². The average molecular weight is 167 g/mol. The largest absolute Gasteiger partial charge is 0.317 e. The maximum atomic E-state index is 12.6. The number of hydrogen-bond donors (Lipinski definition) is 1. The Balaban J connectivity index is 2.47. The minimum atomic E-state index is -1.92. The molecule has 0 heterocycles. The smallest absolute Gasteiger partial charge is 0.162 e. The number of nitrogens with one attached hydrogen (secondary N) is 1. The third-order valence-corrected chi connectivity index (χ3v) is 2.12. The van der Waals surface area contributed by atoms with Crippen LogP contribution < -0.4 is 5.32 Å². The fourth-order valence-electron chi connectivity index (χ4n) is 1.36. The maximum absolute atomic E-state index is 12.6. The Bertz CT molecular complexity index is 119. The van der Waals surface area contributed by atoms with Crippen molar-refractivity contribution in [1.29, 1.82) is 0 Å². The van der Waals surface area contributed by atoms with E-state index in [-0.39, 0.29) is 18.9 Å². The highest BCUT2D eigenvalue weighted by Gasteiger charge is 2.37. The summed E-state index contributed by atoms with van der Waals surface area (Å²) >= 11 is 0. The highest BCUT2D eigenvalue weighted by atomic mass is 19.2. The fraction of sp³-hybridized carbons (Fsp3) is 1.00. The summed E-state index contributed by atoms with van der Waals surface area (Å²) < 4.78 is 37.7. The molecule has 0 bridgehead atoms. The molecule has 4 heteroatoms. The summed E-state index contributed by atoms with van der Waals surface area (Å²) in [6, 6.07) is -0.216. The number of halogens is 3. The van der Waals surface area contributed by atoms with Gasteiger partial charge in [-0.15, -0.1) is 0 Å². The molecule has 0 aliphatic heterocycles. The molecule has 1 aliphatic rings. The van der Waals surface area contributed by atoms with Gasteiger partial charge in [-0.1, -0.05) is 0 Å². The zero-order chi connectivity index (χ0) is 8.43. The SMILES string of the molecule is CNC1CC(F)C(F)C(F)C1. The average Bonchev–Trinajstić information content (AvgIpc) is 1.99. The summed E-state index contributed by atoms with van der Waals surface area (Å²) in [5, 5.41) is 2.74. The van der Waals surface area contributed by atoms with Crippen LogP contribution in [0.25, 0.3) is 0 Å². The van der Waals surface area contributed by atoms with Gasteiger partial charge in [0.2, 0.25) is 0 Å². The van der Waals surface area contributed by atoms with E-state index < -0.39 is 18.5 Å². The quantitative estimate of drug-likeness (QED) is 0.622. The van der Waals surface area contributed by atoms with Crippen LogP contribution in [0.2, 0.25) is 0 Å². The molecule has 1 nitrogen and oxygen atoms in total. The lowest BCUT2D eigenvalue weighted by Gasteiger charge is -2.29. The first-order valence-corrected chi connectivity index (χ1v) is 3.74. The Labute approximate surface area is 64.0 Å². The standard InChI is InChI=1S/C7H12F3N/c1-11-4-2-5(8)7(10)6(9)3-4/h4-7,11H,2-3H2,1H3. The van der Waals surface area contributed by atoms with Crippen LogP contribution in [-0.2, 0) is 0 Å². The molecule has 0 aromatic carbocycles. The maximum Gasteiger partial charge on any atom is 0.162 e. The van der Waals surface area contributed by atoms with Gasteiger partial charge in [-0.05, 0) is 19.9 Å². The summed E-state index contributed by atoms with van der Waals surface area (Å²) in [5.74, 6) is 0. The molecular formula is C7H12F3N. The van der Waals surface area contributed by atoms with Gasteiger partial charge in [0, 0.05) is 6.04 Å². The van der Waals surface area contributed by atoms with Crippen molar-refractivity contribution >= 4 is 0 Å². The van der Waals surface area contributed by atoms with E-state index in [1.54, 1.807) is 7.05 Å². The third-order valence-electron chi connectivity index (χ3n) is 2.12. The van der Waals surface area contributed by atoms with E-state index in [4.69, 9.17) is 0 Å². The van der Waals surface area contributed by atoms with Crippen LogP contribution in [0.15, 0.2) is 0 Å². The van der Waals surface area contributed by atoms with Gasteiger partial charge in [-0.3, -0.25) is 0 Å². The minimum absolute atomic E-state index is 0.0814. The summed E-state index contributed by atoms with van der Waals surface area (Å²) in [5.41, 5.74) is 0. The first kappa shape index (κ1) is 8.84. The Morgan fingerprint density at radius 2 is 1.55 bits per heavy atom. The van der Waals surface area contributed by atoms with Crippen molar-refractivity contribution in [1.82, 2.24) is 5.32 Å². The van der Waals surface area contributed by atoms with Crippen molar-refractivity contribution in [2.75, 3.05) is 7.05 Å². The second-order valence-electron chi connectivity index (χ2n) is 2.93. The molecule has 0 radical (unpaired) electrons. The predicted octanol–water partition coefficient (Wildman–Crippen LogP) is 1.38. The van der Waals surface area contributed by atoms with Crippen LogP contribution in [-0.4, -0.2) is 31.6 Å². The van der Waals surface area contributed by atoms with E-state index in [0.717, 1.165) is 0 Å². The Morgan fingerprint density at radius 3 is 1.91 bits per heavy atom. The van der Waals surface area contributed by atoms with Crippen molar-refractivity contribution in [2.24, 2.45) is 0 Å². The van der Waals surface area contributed by atoms with Crippen LogP contribution in [0.1, 0.15) is 12.8 Å². The first-order chi connectivity index (χ1) is 5.15.